The second kappa shape index (κ2) is 7.08. The maximum atomic E-state index is 12.2. The third kappa shape index (κ3) is 3.64. The molecule has 2 aromatic heterocycles. The van der Waals surface area contributed by atoms with Crippen LogP contribution in [0.2, 0.25) is 5.02 Å². The Kier molecular flexibility index (Phi) is 5.16. The minimum atomic E-state index is -0.944. The molecule has 2 N–H and O–H groups in total. The van der Waals surface area contributed by atoms with E-state index in [-0.39, 0.29) is 25.4 Å². The monoisotopic (exact) mass is 325 g/mol. The molecule has 0 radical (unpaired) electrons. The molecule has 8 nitrogen and oxygen atoms in total. The number of aryl methyl sites for hydroxylation is 2. The van der Waals surface area contributed by atoms with Gasteiger partial charge in [-0.25, -0.2) is 0 Å². The number of aromatic nitrogens is 4. The van der Waals surface area contributed by atoms with Crippen LogP contribution in [0.4, 0.5) is 0 Å². The highest BCUT2D eigenvalue weighted by atomic mass is 35.5. The Morgan fingerprint density at radius 2 is 2.14 bits per heavy atom. The number of aliphatic carboxylic acids is 1. The van der Waals surface area contributed by atoms with Gasteiger partial charge in [0.05, 0.1) is 36.4 Å². The Labute approximate surface area is 131 Å². The van der Waals surface area contributed by atoms with Gasteiger partial charge < -0.3 is 10.4 Å². The molecule has 0 spiro atoms. The molecule has 0 aliphatic carbocycles. The molecular formula is C13H16ClN5O3. The summed E-state index contributed by atoms with van der Waals surface area (Å²) in [5, 5.41) is 20.0. The molecule has 118 valence electrons. The molecule has 22 heavy (non-hydrogen) atoms. The van der Waals surface area contributed by atoms with Crippen LogP contribution in [0, 0.1) is 0 Å². The van der Waals surface area contributed by atoms with Gasteiger partial charge in [0.1, 0.15) is 5.69 Å². The number of nitrogens with zero attached hydrogens (tertiary/aromatic N) is 4. The number of hydrogen-bond donors (Lipinski definition) is 2. The van der Waals surface area contributed by atoms with Crippen LogP contribution in [-0.2, 0) is 24.4 Å². The number of hydrogen-bond acceptors (Lipinski definition) is 4. The van der Waals surface area contributed by atoms with Crippen molar-refractivity contribution in [3.8, 4) is 0 Å². The van der Waals surface area contributed by atoms with E-state index in [0.29, 0.717) is 23.0 Å². The summed E-state index contributed by atoms with van der Waals surface area (Å²) in [7, 11) is 0. The molecule has 1 amide bonds. The second-order valence-corrected chi connectivity index (χ2v) is 4.93. The molecule has 9 heteroatoms. The second-order valence-electron chi connectivity index (χ2n) is 4.52. The van der Waals surface area contributed by atoms with E-state index in [1.807, 2.05) is 6.92 Å². The predicted octanol–water partition coefficient (Wildman–Crippen LogP) is 1.16. The fourth-order valence-corrected chi connectivity index (χ4v) is 2.20. The predicted molar refractivity (Wildman–Crippen MR) is 78.6 cm³/mol. The van der Waals surface area contributed by atoms with Crippen molar-refractivity contribution in [3.63, 3.8) is 0 Å². The lowest BCUT2D eigenvalue weighted by atomic mass is 10.3. The van der Waals surface area contributed by atoms with Crippen LogP contribution in [0.25, 0.3) is 0 Å². The number of carboxylic acids is 1. The highest BCUT2D eigenvalue weighted by Gasteiger charge is 2.15. The van der Waals surface area contributed by atoms with Gasteiger partial charge in [-0.2, -0.15) is 10.2 Å². The van der Waals surface area contributed by atoms with Gasteiger partial charge in [-0.05, 0) is 13.0 Å². The first-order chi connectivity index (χ1) is 10.5. The summed E-state index contributed by atoms with van der Waals surface area (Å²) in [5.74, 6) is -1.29. The minimum Gasteiger partial charge on any atom is -0.481 e. The molecule has 0 fully saturated rings. The molecule has 2 rings (SSSR count). The number of carbonyl (C=O) groups is 2. The third-order valence-electron chi connectivity index (χ3n) is 3.10. The van der Waals surface area contributed by atoms with Crippen LogP contribution in [0.15, 0.2) is 18.5 Å². The Hall–Kier alpha value is -2.35. The lowest BCUT2D eigenvalue weighted by molar-refractivity contribution is -0.137. The van der Waals surface area contributed by atoms with Gasteiger partial charge >= 0.3 is 5.97 Å². The smallest absolute Gasteiger partial charge is 0.305 e. The van der Waals surface area contributed by atoms with E-state index in [2.05, 4.69) is 15.5 Å². The largest absolute Gasteiger partial charge is 0.481 e. The van der Waals surface area contributed by atoms with Crippen LogP contribution in [0.5, 0.6) is 0 Å². The SMILES string of the molecule is CCn1ncc(Cl)c1CNC(=O)c1ccnn1CCC(=O)O. The fourth-order valence-electron chi connectivity index (χ4n) is 2.00. The molecule has 0 saturated heterocycles. The van der Waals surface area contributed by atoms with Gasteiger partial charge in [0.2, 0.25) is 0 Å². The first-order valence-corrected chi connectivity index (χ1v) is 7.12. The molecule has 0 bridgehead atoms. The minimum absolute atomic E-state index is 0.101. The first kappa shape index (κ1) is 16.0. The number of carboxylic acid groups (broad SMARTS) is 1. The van der Waals surface area contributed by atoms with Gasteiger partial charge in [0, 0.05) is 12.7 Å². The lowest BCUT2D eigenvalue weighted by Gasteiger charge is -2.09. The highest BCUT2D eigenvalue weighted by Crippen LogP contribution is 2.14. The molecule has 0 unspecified atom stereocenters. The van der Waals surface area contributed by atoms with Gasteiger partial charge in [0.15, 0.2) is 0 Å². The fraction of sp³-hybridized carbons (Fsp3) is 0.385. The zero-order valence-corrected chi connectivity index (χ0v) is 12.7. The van der Waals surface area contributed by atoms with E-state index >= 15 is 0 Å². The van der Waals surface area contributed by atoms with E-state index < -0.39 is 5.97 Å². The summed E-state index contributed by atoms with van der Waals surface area (Å²) in [6.07, 6.45) is 2.89. The number of halogens is 1. The quantitative estimate of drug-likeness (QED) is 0.795. The maximum absolute atomic E-state index is 12.2. The van der Waals surface area contributed by atoms with Crippen molar-refractivity contribution in [2.45, 2.75) is 33.0 Å². The van der Waals surface area contributed by atoms with E-state index in [9.17, 15) is 9.59 Å². The molecule has 0 aliphatic rings. The molecule has 2 heterocycles. The average molecular weight is 326 g/mol. The van der Waals surface area contributed by atoms with Gasteiger partial charge in [-0.15, -0.1) is 0 Å². The van der Waals surface area contributed by atoms with Crippen LogP contribution in [0.1, 0.15) is 29.5 Å². The zero-order valence-electron chi connectivity index (χ0n) is 12.0. The van der Waals surface area contributed by atoms with Gasteiger partial charge in [0.25, 0.3) is 5.91 Å². The van der Waals surface area contributed by atoms with Crippen molar-refractivity contribution < 1.29 is 14.7 Å². The summed E-state index contributed by atoms with van der Waals surface area (Å²) in [4.78, 5) is 22.8. The van der Waals surface area contributed by atoms with Crippen LogP contribution < -0.4 is 5.32 Å². The van der Waals surface area contributed by atoms with Crippen molar-refractivity contribution in [3.05, 3.63) is 34.9 Å². The van der Waals surface area contributed by atoms with Gasteiger partial charge in [-0.3, -0.25) is 19.0 Å². The van der Waals surface area contributed by atoms with Gasteiger partial charge in [-0.1, -0.05) is 11.6 Å². The summed E-state index contributed by atoms with van der Waals surface area (Å²) >= 11 is 6.03. The highest BCUT2D eigenvalue weighted by molar-refractivity contribution is 6.31. The third-order valence-corrected chi connectivity index (χ3v) is 3.42. The molecule has 0 aliphatic heterocycles. The Morgan fingerprint density at radius 1 is 1.36 bits per heavy atom. The van der Waals surface area contributed by atoms with E-state index in [0.717, 1.165) is 0 Å². The van der Waals surface area contributed by atoms with E-state index in [1.54, 1.807) is 4.68 Å². The number of carbonyl (C=O) groups excluding carboxylic acids is 1. The van der Waals surface area contributed by atoms with Crippen molar-refractivity contribution in [2.75, 3.05) is 0 Å². The van der Waals surface area contributed by atoms with Crippen LogP contribution >= 0.6 is 11.6 Å². The van der Waals surface area contributed by atoms with Crippen molar-refractivity contribution in [2.24, 2.45) is 0 Å². The van der Waals surface area contributed by atoms with E-state index in [1.165, 1.54) is 23.1 Å². The van der Waals surface area contributed by atoms with Crippen molar-refractivity contribution in [1.29, 1.82) is 0 Å². The zero-order chi connectivity index (χ0) is 16.1. The Morgan fingerprint density at radius 3 is 2.82 bits per heavy atom. The van der Waals surface area contributed by atoms with Crippen LogP contribution in [0.3, 0.4) is 0 Å². The number of nitrogens with one attached hydrogen (secondary N) is 1. The molecular weight excluding hydrogens is 310 g/mol. The summed E-state index contributed by atoms with van der Waals surface area (Å²) in [6, 6.07) is 1.54. The first-order valence-electron chi connectivity index (χ1n) is 6.75. The number of amides is 1. The lowest BCUT2D eigenvalue weighted by Crippen LogP contribution is -2.27. The van der Waals surface area contributed by atoms with Crippen LogP contribution in [-0.4, -0.2) is 36.5 Å². The maximum Gasteiger partial charge on any atom is 0.305 e. The van der Waals surface area contributed by atoms with Crippen molar-refractivity contribution in [1.82, 2.24) is 24.9 Å². The summed E-state index contributed by atoms with van der Waals surface area (Å²) in [6.45, 7) is 2.94. The topological polar surface area (TPSA) is 102 Å². The summed E-state index contributed by atoms with van der Waals surface area (Å²) < 4.78 is 3.06. The normalized spacial score (nSPS) is 10.6. The standard InChI is InChI=1S/C13H16ClN5O3/c1-2-18-11(9(14)7-17-18)8-15-13(22)10-3-5-16-19(10)6-4-12(20)21/h3,5,7H,2,4,6,8H2,1H3,(H,15,22)(H,20,21). The number of rotatable bonds is 7. The Bertz CT molecular complexity index is 679. The molecule has 0 atom stereocenters. The molecule has 0 aromatic carbocycles. The molecule has 0 saturated carbocycles. The van der Waals surface area contributed by atoms with Crippen molar-refractivity contribution >= 4 is 23.5 Å². The summed E-state index contributed by atoms with van der Waals surface area (Å²) in [5.41, 5.74) is 1.02. The van der Waals surface area contributed by atoms with E-state index in [4.69, 9.17) is 16.7 Å². The average Bonchev–Trinajstić information content (AvgIpc) is 3.09. The Balaban J connectivity index is 2.02. The molecule has 2 aromatic rings.